The van der Waals surface area contributed by atoms with Crippen LogP contribution in [0, 0.1) is 11.2 Å². The molecule has 0 bridgehead atoms. The highest BCUT2D eigenvalue weighted by Gasteiger charge is 2.30. The fraction of sp³-hybridized carbons (Fsp3) is 0.647. The number of hydrogen-bond donors (Lipinski definition) is 1. The van der Waals surface area contributed by atoms with Gasteiger partial charge in [-0.25, -0.2) is 4.39 Å². The summed E-state index contributed by atoms with van der Waals surface area (Å²) in [6.07, 6.45) is 1.08. The van der Waals surface area contributed by atoms with E-state index in [0.29, 0.717) is 29.2 Å². The molecule has 1 aromatic carbocycles. The Bertz CT molecular complexity index is 484. The molecule has 0 radical (unpaired) electrons. The van der Waals surface area contributed by atoms with Crippen LogP contribution in [0.15, 0.2) is 18.2 Å². The molecule has 0 aromatic heterocycles. The van der Waals surface area contributed by atoms with Gasteiger partial charge in [0.2, 0.25) is 0 Å². The van der Waals surface area contributed by atoms with Gasteiger partial charge in [0.1, 0.15) is 5.82 Å². The molecule has 1 aliphatic rings. The Morgan fingerprint density at radius 3 is 2.76 bits per heavy atom. The third kappa shape index (κ3) is 4.41. The first kappa shape index (κ1) is 16.7. The monoisotopic (exact) mass is 312 g/mol. The Morgan fingerprint density at radius 1 is 1.38 bits per heavy atom. The molecule has 2 unspecified atom stereocenters. The van der Waals surface area contributed by atoms with E-state index in [2.05, 4.69) is 37.9 Å². The predicted molar refractivity (Wildman–Crippen MR) is 87.1 cm³/mol. The molecule has 1 aromatic rings. The lowest BCUT2D eigenvalue weighted by atomic mass is 9.86. The summed E-state index contributed by atoms with van der Waals surface area (Å²) in [4.78, 5) is 2.37. The lowest BCUT2D eigenvalue weighted by Gasteiger charge is -2.35. The van der Waals surface area contributed by atoms with Crippen LogP contribution >= 0.6 is 11.6 Å². The van der Waals surface area contributed by atoms with Crippen molar-refractivity contribution in [1.82, 2.24) is 10.2 Å². The minimum absolute atomic E-state index is 0.170. The maximum absolute atomic E-state index is 14.0. The molecule has 4 heteroatoms. The number of halogens is 2. The van der Waals surface area contributed by atoms with Crippen LogP contribution in [0.25, 0.3) is 0 Å². The van der Waals surface area contributed by atoms with Gasteiger partial charge in [-0.3, -0.25) is 4.90 Å². The Kier molecular flexibility index (Phi) is 5.29. The first-order valence-corrected chi connectivity index (χ1v) is 8.06. The van der Waals surface area contributed by atoms with Crippen molar-refractivity contribution in [2.75, 3.05) is 13.1 Å². The van der Waals surface area contributed by atoms with Crippen molar-refractivity contribution in [3.8, 4) is 0 Å². The maximum atomic E-state index is 14.0. The van der Waals surface area contributed by atoms with Gasteiger partial charge in [-0.1, -0.05) is 32.4 Å². The molecule has 2 nitrogen and oxygen atoms in total. The highest BCUT2D eigenvalue weighted by Crippen LogP contribution is 2.25. The molecule has 21 heavy (non-hydrogen) atoms. The van der Waals surface area contributed by atoms with Crippen molar-refractivity contribution in [1.29, 1.82) is 0 Å². The van der Waals surface area contributed by atoms with Crippen molar-refractivity contribution >= 4 is 11.6 Å². The second-order valence-electron chi connectivity index (χ2n) is 7.18. The smallest absolute Gasteiger partial charge is 0.127 e. The molecule has 118 valence electrons. The van der Waals surface area contributed by atoms with Crippen LogP contribution < -0.4 is 5.32 Å². The Morgan fingerprint density at radius 2 is 2.10 bits per heavy atom. The lowest BCUT2D eigenvalue weighted by Crippen LogP contribution is -2.47. The fourth-order valence-corrected chi connectivity index (χ4v) is 3.01. The van der Waals surface area contributed by atoms with E-state index in [1.54, 1.807) is 12.1 Å². The maximum Gasteiger partial charge on any atom is 0.127 e. The van der Waals surface area contributed by atoms with Crippen LogP contribution in [0.2, 0.25) is 5.02 Å². The lowest BCUT2D eigenvalue weighted by molar-refractivity contribution is 0.156. The molecule has 0 spiro atoms. The zero-order valence-electron chi connectivity index (χ0n) is 13.4. The van der Waals surface area contributed by atoms with Crippen LogP contribution in [0.1, 0.15) is 39.7 Å². The first-order chi connectivity index (χ1) is 9.77. The number of nitrogens with zero attached hydrogens (tertiary/aromatic N) is 1. The summed E-state index contributed by atoms with van der Waals surface area (Å²) in [5.74, 6) is -0.170. The van der Waals surface area contributed by atoms with E-state index in [9.17, 15) is 4.39 Å². The van der Waals surface area contributed by atoms with E-state index in [4.69, 9.17) is 11.6 Å². The molecule has 2 atom stereocenters. The van der Waals surface area contributed by atoms with E-state index < -0.39 is 0 Å². The van der Waals surface area contributed by atoms with Crippen LogP contribution in [-0.4, -0.2) is 30.1 Å². The third-order valence-electron chi connectivity index (χ3n) is 4.42. The van der Waals surface area contributed by atoms with E-state index in [0.717, 1.165) is 19.5 Å². The van der Waals surface area contributed by atoms with Crippen LogP contribution in [0.5, 0.6) is 0 Å². The molecule has 0 amide bonds. The van der Waals surface area contributed by atoms with Gasteiger partial charge in [0.25, 0.3) is 0 Å². The predicted octanol–water partition coefficient (Wildman–Crippen LogP) is 4.08. The van der Waals surface area contributed by atoms with Gasteiger partial charge in [-0.05, 0) is 43.5 Å². The molecule has 1 aliphatic heterocycles. The van der Waals surface area contributed by atoms with Gasteiger partial charge in [0.05, 0.1) is 0 Å². The first-order valence-electron chi connectivity index (χ1n) is 7.68. The number of benzene rings is 1. The minimum atomic E-state index is -0.170. The van der Waals surface area contributed by atoms with Crippen LogP contribution in [0.3, 0.4) is 0 Å². The number of nitrogens with one attached hydrogen (secondary N) is 1. The summed E-state index contributed by atoms with van der Waals surface area (Å²) >= 11 is 6.01. The van der Waals surface area contributed by atoms with Crippen molar-refractivity contribution in [2.24, 2.45) is 5.41 Å². The Balaban J connectivity index is 2.17. The minimum Gasteiger partial charge on any atom is -0.312 e. The van der Waals surface area contributed by atoms with Gasteiger partial charge < -0.3 is 5.32 Å². The summed E-state index contributed by atoms with van der Waals surface area (Å²) in [6.45, 7) is 11.5. The van der Waals surface area contributed by atoms with E-state index in [1.165, 1.54) is 6.07 Å². The van der Waals surface area contributed by atoms with Crippen molar-refractivity contribution in [3.05, 3.63) is 34.6 Å². The molecular formula is C17H26ClFN2. The fourth-order valence-electron chi connectivity index (χ4n) is 2.81. The average Bonchev–Trinajstić information content (AvgIpc) is 2.56. The van der Waals surface area contributed by atoms with Crippen molar-refractivity contribution in [3.63, 3.8) is 0 Å². The Labute approximate surface area is 132 Å². The van der Waals surface area contributed by atoms with Gasteiger partial charge >= 0.3 is 0 Å². The zero-order chi connectivity index (χ0) is 15.6. The molecular weight excluding hydrogens is 287 g/mol. The Hall–Kier alpha value is -0.640. The quantitative estimate of drug-likeness (QED) is 0.885. The summed E-state index contributed by atoms with van der Waals surface area (Å²) in [5, 5.41) is 4.23. The van der Waals surface area contributed by atoms with E-state index in [1.807, 2.05) is 0 Å². The summed E-state index contributed by atoms with van der Waals surface area (Å²) in [5.41, 5.74) is 0.874. The molecule has 2 rings (SSSR count). The summed E-state index contributed by atoms with van der Waals surface area (Å²) < 4.78 is 14.0. The number of hydrogen-bond acceptors (Lipinski definition) is 2. The van der Waals surface area contributed by atoms with Gasteiger partial charge in [0.15, 0.2) is 0 Å². The van der Waals surface area contributed by atoms with E-state index >= 15 is 0 Å². The van der Waals surface area contributed by atoms with Gasteiger partial charge in [-0.15, -0.1) is 0 Å². The average molecular weight is 313 g/mol. The SMILES string of the molecule is CC1CCNC(C(C)(C)C)CN1Cc1cc(Cl)ccc1F. The molecule has 1 fully saturated rings. The number of rotatable bonds is 2. The van der Waals surface area contributed by atoms with Crippen LogP contribution in [0.4, 0.5) is 4.39 Å². The molecule has 1 N–H and O–H groups in total. The van der Waals surface area contributed by atoms with Crippen molar-refractivity contribution < 1.29 is 4.39 Å². The molecule has 0 aliphatic carbocycles. The zero-order valence-corrected chi connectivity index (χ0v) is 14.2. The molecule has 1 saturated heterocycles. The topological polar surface area (TPSA) is 15.3 Å². The second kappa shape index (κ2) is 6.64. The van der Waals surface area contributed by atoms with E-state index in [-0.39, 0.29) is 11.2 Å². The molecule has 1 heterocycles. The van der Waals surface area contributed by atoms with Crippen molar-refractivity contribution in [2.45, 2.75) is 52.7 Å². The van der Waals surface area contributed by atoms with Crippen LogP contribution in [-0.2, 0) is 6.54 Å². The largest absolute Gasteiger partial charge is 0.312 e. The third-order valence-corrected chi connectivity index (χ3v) is 4.65. The highest BCUT2D eigenvalue weighted by atomic mass is 35.5. The highest BCUT2D eigenvalue weighted by molar-refractivity contribution is 6.30. The van der Waals surface area contributed by atoms with Gasteiger partial charge in [0, 0.05) is 35.8 Å². The summed E-state index contributed by atoms with van der Waals surface area (Å²) in [7, 11) is 0. The normalized spacial score (nSPS) is 24.9. The molecule has 0 saturated carbocycles. The standard InChI is InChI=1S/C17H26ClFN2/c1-12-7-8-20-16(17(2,3)4)11-21(12)10-13-9-14(18)5-6-15(13)19/h5-6,9,12,16,20H,7-8,10-11H2,1-4H3. The summed E-state index contributed by atoms with van der Waals surface area (Å²) in [6, 6.07) is 5.65. The second-order valence-corrected chi connectivity index (χ2v) is 7.61. The van der Waals surface area contributed by atoms with Gasteiger partial charge in [-0.2, -0.15) is 0 Å².